The van der Waals surface area contributed by atoms with E-state index in [9.17, 15) is 4.79 Å². The topological polar surface area (TPSA) is 32.3 Å². The van der Waals surface area contributed by atoms with Gasteiger partial charge in [-0.2, -0.15) is 0 Å². The molecule has 0 bridgehead atoms. The normalized spacial score (nSPS) is 22.1. The molecule has 1 saturated heterocycles. The summed E-state index contributed by atoms with van der Waals surface area (Å²) in [6.07, 6.45) is 0. The fourth-order valence-corrected chi connectivity index (χ4v) is 1.75. The molecule has 3 nitrogen and oxygen atoms in total. The van der Waals surface area contributed by atoms with E-state index in [1.165, 1.54) is 0 Å². The van der Waals surface area contributed by atoms with Crippen LogP contribution >= 0.6 is 23.2 Å². The predicted octanol–water partition coefficient (Wildman–Crippen LogP) is 1.00. The number of carbonyl (C=O) groups excluding carboxylic acids is 1. The van der Waals surface area contributed by atoms with Crippen molar-refractivity contribution in [3.8, 4) is 0 Å². The maximum atomic E-state index is 11.5. The van der Waals surface area contributed by atoms with Crippen molar-refractivity contribution in [1.82, 2.24) is 10.2 Å². The maximum Gasteiger partial charge on any atom is 0.256 e. The lowest BCUT2D eigenvalue weighted by atomic mass is 10.0. The van der Waals surface area contributed by atoms with Crippen molar-refractivity contribution < 1.29 is 4.79 Å². The van der Waals surface area contributed by atoms with Gasteiger partial charge in [0, 0.05) is 25.2 Å². The molecule has 76 valence electrons. The Kier molecular flexibility index (Phi) is 3.44. The molecule has 0 aromatic carbocycles. The molecule has 0 aromatic heterocycles. The highest BCUT2D eigenvalue weighted by Gasteiger charge is 2.35. The fourth-order valence-electron chi connectivity index (χ4n) is 1.51. The monoisotopic (exact) mass is 224 g/mol. The van der Waals surface area contributed by atoms with Crippen LogP contribution in [-0.2, 0) is 4.79 Å². The molecule has 0 radical (unpaired) electrons. The molecule has 0 aliphatic carbocycles. The number of piperazine rings is 1. The Morgan fingerprint density at radius 1 is 1.54 bits per heavy atom. The third-order valence-electron chi connectivity index (χ3n) is 2.25. The molecule has 1 aliphatic heterocycles. The van der Waals surface area contributed by atoms with Gasteiger partial charge in [-0.25, -0.2) is 0 Å². The number of amides is 1. The average Bonchev–Trinajstić information content (AvgIpc) is 2.02. The second-order valence-electron chi connectivity index (χ2n) is 3.78. The molecule has 0 atom stereocenters. The molecular formula is C8H14Cl2N2O. The van der Waals surface area contributed by atoms with Gasteiger partial charge in [-0.15, -0.1) is 0 Å². The third-order valence-corrected chi connectivity index (χ3v) is 2.63. The van der Waals surface area contributed by atoms with Gasteiger partial charge >= 0.3 is 0 Å². The van der Waals surface area contributed by atoms with Gasteiger partial charge in [-0.05, 0) is 13.8 Å². The van der Waals surface area contributed by atoms with Gasteiger partial charge in [0.05, 0.1) is 0 Å². The Morgan fingerprint density at radius 2 is 2.15 bits per heavy atom. The Labute approximate surface area is 88.4 Å². The van der Waals surface area contributed by atoms with Crippen LogP contribution in [0.4, 0.5) is 0 Å². The SMILES string of the molecule is CC1(C)CNCCN1C(=O)C(Cl)Cl. The van der Waals surface area contributed by atoms with Crippen molar-refractivity contribution in [2.45, 2.75) is 24.2 Å². The molecule has 0 spiro atoms. The van der Waals surface area contributed by atoms with Gasteiger partial charge in [-0.1, -0.05) is 23.2 Å². The summed E-state index contributed by atoms with van der Waals surface area (Å²) < 4.78 is 0. The van der Waals surface area contributed by atoms with Crippen molar-refractivity contribution in [1.29, 1.82) is 0 Å². The number of halogens is 2. The molecule has 1 rings (SSSR count). The molecule has 1 amide bonds. The number of hydrogen-bond donors (Lipinski definition) is 1. The van der Waals surface area contributed by atoms with Crippen molar-refractivity contribution >= 4 is 29.1 Å². The molecule has 1 N–H and O–H groups in total. The van der Waals surface area contributed by atoms with Crippen LogP contribution in [0.25, 0.3) is 0 Å². The molecule has 1 aliphatic rings. The van der Waals surface area contributed by atoms with Crippen LogP contribution in [0.1, 0.15) is 13.8 Å². The Balaban J connectivity index is 2.71. The maximum absolute atomic E-state index is 11.5. The first-order chi connectivity index (χ1) is 5.95. The summed E-state index contributed by atoms with van der Waals surface area (Å²) in [4.78, 5) is 12.3. The van der Waals surface area contributed by atoms with Crippen molar-refractivity contribution in [2.24, 2.45) is 0 Å². The number of alkyl halides is 2. The summed E-state index contributed by atoms with van der Waals surface area (Å²) in [6.45, 7) is 6.23. The minimum Gasteiger partial charge on any atom is -0.333 e. The van der Waals surface area contributed by atoms with Crippen LogP contribution in [-0.4, -0.2) is 40.8 Å². The van der Waals surface area contributed by atoms with E-state index in [1.54, 1.807) is 4.90 Å². The number of hydrogen-bond acceptors (Lipinski definition) is 2. The molecule has 5 heteroatoms. The van der Waals surface area contributed by atoms with Crippen molar-refractivity contribution in [3.05, 3.63) is 0 Å². The highest BCUT2D eigenvalue weighted by molar-refractivity contribution is 6.53. The molecule has 1 heterocycles. The summed E-state index contributed by atoms with van der Waals surface area (Å²) in [5.41, 5.74) is -0.197. The van der Waals surface area contributed by atoms with Crippen LogP contribution in [0, 0.1) is 0 Å². The van der Waals surface area contributed by atoms with Gasteiger partial charge in [0.1, 0.15) is 0 Å². The van der Waals surface area contributed by atoms with Gasteiger partial charge in [0.15, 0.2) is 4.84 Å². The van der Waals surface area contributed by atoms with Crippen LogP contribution < -0.4 is 5.32 Å². The third kappa shape index (κ3) is 2.48. The lowest BCUT2D eigenvalue weighted by Gasteiger charge is -2.43. The van der Waals surface area contributed by atoms with Crippen LogP contribution in [0.2, 0.25) is 0 Å². The first-order valence-corrected chi connectivity index (χ1v) is 5.13. The summed E-state index contributed by atoms with van der Waals surface area (Å²) in [7, 11) is 0. The zero-order valence-electron chi connectivity index (χ0n) is 7.81. The standard InChI is InChI=1S/C8H14Cl2N2O/c1-8(2)5-11-3-4-12(8)7(13)6(9)10/h6,11H,3-5H2,1-2H3. The van der Waals surface area contributed by atoms with Crippen LogP contribution in [0.5, 0.6) is 0 Å². The van der Waals surface area contributed by atoms with Crippen molar-refractivity contribution in [3.63, 3.8) is 0 Å². The lowest BCUT2D eigenvalue weighted by Crippen LogP contribution is -2.60. The van der Waals surface area contributed by atoms with Gasteiger partial charge < -0.3 is 10.2 Å². The Bertz CT molecular complexity index is 206. The second-order valence-corrected chi connectivity index (χ2v) is 4.88. The lowest BCUT2D eigenvalue weighted by molar-refractivity contribution is -0.135. The van der Waals surface area contributed by atoms with Gasteiger partial charge in [0.2, 0.25) is 0 Å². The minimum atomic E-state index is -0.947. The molecule has 0 aromatic rings. The summed E-state index contributed by atoms with van der Waals surface area (Å²) in [6, 6.07) is 0. The first kappa shape index (κ1) is 11.1. The number of carbonyl (C=O) groups is 1. The van der Waals surface area contributed by atoms with E-state index < -0.39 is 4.84 Å². The van der Waals surface area contributed by atoms with E-state index in [1.807, 2.05) is 13.8 Å². The largest absolute Gasteiger partial charge is 0.333 e. The smallest absolute Gasteiger partial charge is 0.256 e. The van der Waals surface area contributed by atoms with Gasteiger partial charge in [-0.3, -0.25) is 4.79 Å². The number of nitrogens with one attached hydrogen (secondary N) is 1. The minimum absolute atomic E-state index is 0.197. The van der Waals surface area contributed by atoms with Gasteiger partial charge in [0.25, 0.3) is 5.91 Å². The quantitative estimate of drug-likeness (QED) is 0.675. The molecule has 0 unspecified atom stereocenters. The molecular weight excluding hydrogens is 211 g/mol. The number of rotatable bonds is 1. The Morgan fingerprint density at radius 3 is 2.62 bits per heavy atom. The van der Waals surface area contributed by atoms with Crippen LogP contribution in [0.15, 0.2) is 0 Å². The zero-order valence-corrected chi connectivity index (χ0v) is 9.32. The predicted molar refractivity (Wildman–Crippen MR) is 54.2 cm³/mol. The average molecular weight is 225 g/mol. The summed E-state index contributed by atoms with van der Waals surface area (Å²) >= 11 is 11.1. The highest BCUT2D eigenvalue weighted by Crippen LogP contribution is 2.19. The number of nitrogens with zero attached hydrogens (tertiary/aromatic N) is 1. The highest BCUT2D eigenvalue weighted by atomic mass is 35.5. The van der Waals surface area contributed by atoms with E-state index in [4.69, 9.17) is 23.2 Å². The van der Waals surface area contributed by atoms with Crippen molar-refractivity contribution in [2.75, 3.05) is 19.6 Å². The Hall–Kier alpha value is 0.01000. The second kappa shape index (κ2) is 4.03. The zero-order chi connectivity index (χ0) is 10.1. The summed E-state index contributed by atoms with van der Waals surface area (Å²) in [5.74, 6) is -0.199. The van der Waals surface area contributed by atoms with Crippen LogP contribution in [0.3, 0.4) is 0 Å². The first-order valence-electron chi connectivity index (χ1n) is 4.25. The molecule has 0 saturated carbocycles. The van der Waals surface area contributed by atoms with E-state index in [-0.39, 0.29) is 11.4 Å². The van der Waals surface area contributed by atoms with E-state index in [0.717, 1.165) is 13.1 Å². The summed E-state index contributed by atoms with van der Waals surface area (Å²) in [5, 5.41) is 3.22. The van der Waals surface area contributed by atoms with E-state index >= 15 is 0 Å². The molecule has 13 heavy (non-hydrogen) atoms. The fraction of sp³-hybridized carbons (Fsp3) is 0.875. The molecule has 1 fully saturated rings. The van der Waals surface area contributed by atoms with E-state index in [0.29, 0.717) is 6.54 Å². The van der Waals surface area contributed by atoms with E-state index in [2.05, 4.69) is 5.32 Å².